The first kappa shape index (κ1) is 22.6. The molecule has 0 saturated carbocycles. The number of likely N-dealkylation sites (N-methyl/N-ethyl adjacent to an activating group) is 1. The molecule has 2 amide bonds. The summed E-state index contributed by atoms with van der Waals surface area (Å²) in [6.07, 6.45) is 0.869. The predicted octanol–water partition coefficient (Wildman–Crippen LogP) is 4.30. The van der Waals surface area contributed by atoms with Gasteiger partial charge < -0.3 is 19.7 Å². The van der Waals surface area contributed by atoms with E-state index in [-0.39, 0.29) is 18.4 Å². The van der Waals surface area contributed by atoms with Crippen LogP contribution in [0.15, 0.2) is 42.5 Å². The van der Waals surface area contributed by atoms with Crippen molar-refractivity contribution in [2.75, 3.05) is 32.1 Å². The molecular formula is C22H27ClN2O4. The molecule has 0 fully saturated rings. The second kappa shape index (κ2) is 11.3. The molecule has 0 saturated heterocycles. The van der Waals surface area contributed by atoms with E-state index in [0.29, 0.717) is 42.5 Å². The monoisotopic (exact) mass is 418 g/mol. The maximum absolute atomic E-state index is 12.4. The Labute approximate surface area is 176 Å². The minimum Gasteiger partial charge on any atom is -0.495 e. The van der Waals surface area contributed by atoms with Crippen molar-refractivity contribution in [1.82, 2.24) is 4.90 Å². The Morgan fingerprint density at radius 2 is 1.93 bits per heavy atom. The number of rotatable bonds is 10. The van der Waals surface area contributed by atoms with Gasteiger partial charge in [0.2, 0.25) is 11.8 Å². The quantitative estimate of drug-likeness (QED) is 0.584. The number of anilines is 1. The van der Waals surface area contributed by atoms with E-state index in [1.807, 2.05) is 32.0 Å². The largest absolute Gasteiger partial charge is 0.495 e. The van der Waals surface area contributed by atoms with Gasteiger partial charge in [-0.15, -0.1) is 0 Å². The maximum Gasteiger partial charge on any atom is 0.244 e. The highest BCUT2D eigenvalue weighted by Gasteiger charge is 2.16. The van der Waals surface area contributed by atoms with Crippen LogP contribution < -0.4 is 14.8 Å². The summed E-state index contributed by atoms with van der Waals surface area (Å²) >= 11 is 6.00. The normalized spacial score (nSPS) is 10.3. The highest BCUT2D eigenvalue weighted by molar-refractivity contribution is 6.31. The van der Waals surface area contributed by atoms with Crippen molar-refractivity contribution in [2.45, 2.75) is 26.7 Å². The van der Waals surface area contributed by atoms with Crippen LogP contribution in [0.2, 0.25) is 5.02 Å². The zero-order chi connectivity index (χ0) is 21.2. The topological polar surface area (TPSA) is 67.9 Å². The third-order valence-corrected chi connectivity index (χ3v) is 4.81. The Bertz CT molecular complexity index is 841. The molecule has 6 nitrogen and oxygen atoms in total. The van der Waals surface area contributed by atoms with Crippen LogP contribution in [0, 0.1) is 6.92 Å². The van der Waals surface area contributed by atoms with Gasteiger partial charge >= 0.3 is 0 Å². The molecule has 0 bridgehead atoms. The predicted molar refractivity (Wildman–Crippen MR) is 115 cm³/mol. The van der Waals surface area contributed by atoms with E-state index in [4.69, 9.17) is 21.1 Å². The number of amides is 2. The van der Waals surface area contributed by atoms with Crippen LogP contribution in [0.5, 0.6) is 11.5 Å². The lowest BCUT2D eigenvalue weighted by molar-refractivity contribution is -0.134. The van der Waals surface area contributed by atoms with Crippen molar-refractivity contribution < 1.29 is 19.1 Å². The average molecular weight is 419 g/mol. The summed E-state index contributed by atoms with van der Waals surface area (Å²) in [5, 5.41) is 3.48. The number of para-hydroxylation sites is 2. The fourth-order valence-corrected chi connectivity index (χ4v) is 2.88. The van der Waals surface area contributed by atoms with Crippen LogP contribution in [0.4, 0.5) is 5.69 Å². The molecule has 2 rings (SSSR count). The zero-order valence-corrected chi connectivity index (χ0v) is 17.8. The standard InChI is InChI=1S/C22H27ClN2O4/c1-4-25(15-21(26)24-19-8-5-6-9-20(19)28-3)22(27)10-7-13-29-17-11-12-18(23)16(2)14-17/h5-6,8-9,11-12,14H,4,7,10,13,15H2,1-3H3,(H,24,26). The van der Waals surface area contributed by atoms with E-state index in [0.717, 1.165) is 11.3 Å². The molecule has 0 atom stereocenters. The first-order valence-electron chi connectivity index (χ1n) is 9.54. The van der Waals surface area contributed by atoms with E-state index >= 15 is 0 Å². The van der Waals surface area contributed by atoms with Gasteiger partial charge in [-0.05, 0) is 56.2 Å². The lowest BCUT2D eigenvalue weighted by Gasteiger charge is -2.21. The van der Waals surface area contributed by atoms with Crippen molar-refractivity contribution in [2.24, 2.45) is 0 Å². The van der Waals surface area contributed by atoms with Crippen molar-refractivity contribution in [3.05, 3.63) is 53.1 Å². The Balaban J connectivity index is 1.78. The molecule has 2 aromatic rings. The molecule has 7 heteroatoms. The summed E-state index contributed by atoms with van der Waals surface area (Å²) in [5.74, 6) is 0.948. The third-order valence-electron chi connectivity index (χ3n) is 4.38. The maximum atomic E-state index is 12.4. The van der Waals surface area contributed by atoms with Gasteiger partial charge in [-0.1, -0.05) is 23.7 Å². The number of benzene rings is 2. The Kier molecular flexibility index (Phi) is 8.80. The highest BCUT2D eigenvalue weighted by Crippen LogP contribution is 2.23. The van der Waals surface area contributed by atoms with E-state index < -0.39 is 0 Å². The minimum atomic E-state index is -0.266. The molecule has 1 N–H and O–H groups in total. The smallest absolute Gasteiger partial charge is 0.244 e. The van der Waals surface area contributed by atoms with Crippen LogP contribution in [-0.2, 0) is 9.59 Å². The van der Waals surface area contributed by atoms with E-state index in [1.54, 1.807) is 31.4 Å². The lowest BCUT2D eigenvalue weighted by Crippen LogP contribution is -2.37. The third kappa shape index (κ3) is 6.98. The molecule has 0 aliphatic heterocycles. The molecule has 0 aliphatic rings. The second-order valence-electron chi connectivity index (χ2n) is 6.52. The van der Waals surface area contributed by atoms with Crippen molar-refractivity contribution in [3.8, 4) is 11.5 Å². The first-order chi connectivity index (χ1) is 13.9. The summed E-state index contributed by atoms with van der Waals surface area (Å²) in [6.45, 7) is 4.62. The van der Waals surface area contributed by atoms with Crippen molar-refractivity contribution >= 4 is 29.1 Å². The number of ether oxygens (including phenoxy) is 2. The number of hydrogen-bond acceptors (Lipinski definition) is 4. The number of aryl methyl sites for hydroxylation is 1. The number of nitrogens with one attached hydrogen (secondary N) is 1. The molecule has 0 spiro atoms. The molecule has 29 heavy (non-hydrogen) atoms. The first-order valence-corrected chi connectivity index (χ1v) is 9.92. The zero-order valence-electron chi connectivity index (χ0n) is 17.0. The van der Waals surface area contributed by atoms with Gasteiger partial charge in [0.05, 0.1) is 25.9 Å². The SMILES string of the molecule is CCN(CC(=O)Nc1ccccc1OC)C(=O)CCCOc1ccc(Cl)c(C)c1. The Morgan fingerprint density at radius 1 is 1.17 bits per heavy atom. The van der Waals surface area contributed by atoms with Crippen molar-refractivity contribution in [3.63, 3.8) is 0 Å². The number of methoxy groups -OCH3 is 1. The summed E-state index contributed by atoms with van der Waals surface area (Å²) in [6, 6.07) is 12.6. The fourth-order valence-electron chi connectivity index (χ4n) is 2.77. The molecule has 0 aliphatic carbocycles. The molecular weight excluding hydrogens is 392 g/mol. The Morgan fingerprint density at radius 3 is 2.62 bits per heavy atom. The van der Waals surface area contributed by atoms with E-state index in [9.17, 15) is 9.59 Å². The van der Waals surface area contributed by atoms with Crippen LogP contribution >= 0.6 is 11.6 Å². The molecule has 0 radical (unpaired) electrons. The number of carbonyl (C=O) groups is 2. The van der Waals surface area contributed by atoms with Gasteiger partial charge in [0, 0.05) is 18.0 Å². The van der Waals surface area contributed by atoms with Gasteiger partial charge in [-0.25, -0.2) is 0 Å². The molecule has 2 aromatic carbocycles. The van der Waals surface area contributed by atoms with Crippen LogP contribution in [0.1, 0.15) is 25.3 Å². The van der Waals surface area contributed by atoms with Gasteiger partial charge in [0.1, 0.15) is 11.5 Å². The number of nitrogens with zero attached hydrogens (tertiary/aromatic N) is 1. The molecule has 0 unspecified atom stereocenters. The van der Waals surface area contributed by atoms with Gasteiger partial charge in [0.15, 0.2) is 0 Å². The fraction of sp³-hybridized carbons (Fsp3) is 0.364. The van der Waals surface area contributed by atoms with Crippen LogP contribution in [0.3, 0.4) is 0 Å². The van der Waals surface area contributed by atoms with Gasteiger partial charge in [-0.2, -0.15) is 0 Å². The van der Waals surface area contributed by atoms with Crippen molar-refractivity contribution in [1.29, 1.82) is 0 Å². The molecule has 0 aromatic heterocycles. The molecule has 0 heterocycles. The lowest BCUT2D eigenvalue weighted by atomic mass is 10.2. The summed E-state index contributed by atoms with van der Waals surface area (Å²) in [5.41, 5.74) is 1.52. The van der Waals surface area contributed by atoms with Gasteiger partial charge in [0.25, 0.3) is 0 Å². The van der Waals surface area contributed by atoms with Crippen LogP contribution in [0.25, 0.3) is 0 Å². The summed E-state index contributed by atoms with van der Waals surface area (Å²) < 4.78 is 10.9. The van der Waals surface area contributed by atoms with E-state index in [2.05, 4.69) is 5.32 Å². The molecule has 156 valence electrons. The van der Waals surface area contributed by atoms with Crippen LogP contribution in [-0.4, -0.2) is 43.5 Å². The average Bonchev–Trinajstić information content (AvgIpc) is 2.72. The summed E-state index contributed by atoms with van der Waals surface area (Å²) in [7, 11) is 1.54. The highest BCUT2D eigenvalue weighted by atomic mass is 35.5. The second-order valence-corrected chi connectivity index (χ2v) is 6.93. The van der Waals surface area contributed by atoms with E-state index in [1.165, 1.54) is 4.90 Å². The Hall–Kier alpha value is -2.73. The number of carbonyl (C=O) groups excluding carboxylic acids is 2. The minimum absolute atomic E-state index is 0.00931. The van der Waals surface area contributed by atoms with Gasteiger partial charge in [-0.3, -0.25) is 9.59 Å². The number of hydrogen-bond donors (Lipinski definition) is 1. The number of halogens is 1. The summed E-state index contributed by atoms with van der Waals surface area (Å²) in [4.78, 5) is 26.3.